The maximum absolute atomic E-state index is 12.6. The number of carbonyl (C=O) groups is 2. The van der Waals surface area contributed by atoms with Crippen molar-refractivity contribution in [2.75, 3.05) is 50.4 Å². The molecule has 2 aliphatic heterocycles. The van der Waals surface area contributed by atoms with Gasteiger partial charge in [-0.2, -0.15) is 0 Å². The highest BCUT2D eigenvalue weighted by atomic mass is 16.5. The summed E-state index contributed by atoms with van der Waals surface area (Å²) in [6.45, 7) is 4.10. The second-order valence-corrected chi connectivity index (χ2v) is 6.76. The number of rotatable bonds is 4. The van der Waals surface area contributed by atoms with Crippen molar-refractivity contribution in [3.63, 3.8) is 0 Å². The van der Waals surface area contributed by atoms with Gasteiger partial charge in [0.15, 0.2) is 0 Å². The van der Waals surface area contributed by atoms with Crippen LogP contribution in [0.1, 0.15) is 24.8 Å². The second-order valence-electron chi connectivity index (χ2n) is 6.76. The molecule has 0 saturated carbocycles. The Morgan fingerprint density at radius 2 is 1.70 bits per heavy atom. The Kier molecular flexibility index (Phi) is 6.01. The lowest BCUT2D eigenvalue weighted by atomic mass is 10.1. The fourth-order valence-corrected chi connectivity index (χ4v) is 3.59. The van der Waals surface area contributed by atoms with Gasteiger partial charge in [0.05, 0.1) is 37.8 Å². The van der Waals surface area contributed by atoms with Crippen LogP contribution in [0.25, 0.3) is 0 Å². The average molecular weight is 374 g/mol. The summed E-state index contributed by atoms with van der Waals surface area (Å²) in [6, 6.07) is 6.13. The van der Waals surface area contributed by atoms with Crippen LogP contribution in [0.4, 0.5) is 11.4 Å². The molecule has 0 radical (unpaired) electrons. The predicted molar refractivity (Wildman–Crippen MR) is 102 cm³/mol. The standard InChI is InChI=1S/C20H26N2O5/c1-14-7-8-16(21-9-5-4-6-10-21)17(11-14)22-13-27-12-15(19(23)25-2)18(22)20(24)26-3/h7-8,11H,4-6,9-10,12-13H2,1-3H3. The van der Waals surface area contributed by atoms with Gasteiger partial charge >= 0.3 is 11.9 Å². The molecule has 0 aromatic heterocycles. The Morgan fingerprint density at radius 3 is 2.37 bits per heavy atom. The fourth-order valence-electron chi connectivity index (χ4n) is 3.59. The first-order valence-corrected chi connectivity index (χ1v) is 9.17. The number of nitrogens with zero attached hydrogens (tertiary/aromatic N) is 2. The molecule has 146 valence electrons. The molecule has 7 nitrogen and oxygen atoms in total. The summed E-state index contributed by atoms with van der Waals surface area (Å²) < 4.78 is 15.4. The van der Waals surface area contributed by atoms with E-state index in [0.717, 1.165) is 42.9 Å². The number of carbonyl (C=O) groups excluding carboxylic acids is 2. The Balaban J connectivity index is 2.11. The molecule has 2 heterocycles. The molecule has 0 atom stereocenters. The van der Waals surface area contributed by atoms with Crippen LogP contribution in [0, 0.1) is 6.92 Å². The number of benzene rings is 1. The van der Waals surface area contributed by atoms with Gasteiger partial charge in [-0.3, -0.25) is 0 Å². The molecule has 1 saturated heterocycles. The molecule has 1 fully saturated rings. The summed E-state index contributed by atoms with van der Waals surface area (Å²) in [5.74, 6) is -1.17. The SMILES string of the molecule is COC(=O)C1=C(C(=O)OC)N(c2cc(C)ccc2N2CCCCC2)COC1. The van der Waals surface area contributed by atoms with E-state index in [0.29, 0.717) is 0 Å². The minimum atomic E-state index is -0.590. The summed E-state index contributed by atoms with van der Waals surface area (Å²) in [5, 5.41) is 0. The molecule has 7 heteroatoms. The smallest absolute Gasteiger partial charge is 0.355 e. The molecule has 2 aliphatic rings. The Bertz CT molecular complexity index is 753. The van der Waals surface area contributed by atoms with E-state index in [9.17, 15) is 9.59 Å². The Hall–Kier alpha value is -2.54. The van der Waals surface area contributed by atoms with Crippen molar-refractivity contribution in [3.8, 4) is 0 Å². The van der Waals surface area contributed by atoms with Crippen LogP contribution in [-0.2, 0) is 23.8 Å². The maximum Gasteiger partial charge on any atom is 0.355 e. The number of piperidine rings is 1. The number of esters is 2. The molecule has 0 bridgehead atoms. The van der Waals surface area contributed by atoms with Crippen molar-refractivity contribution >= 4 is 23.3 Å². The van der Waals surface area contributed by atoms with Crippen molar-refractivity contribution in [1.29, 1.82) is 0 Å². The fraction of sp³-hybridized carbons (Fsp3) is 0.500. The molecular formula is C20H26N2O5. The minimum Gasteiger partial charge on any atom is -0.466 e. The predicted octanol–water partition coefficient (Wildman–Crippen LogP) is 2.38. The first kappa shape index (κ1) is 19.2. The zero-order valence-electron chi connectivity index (χ0n) is 16.1. The molecule has 0 aliphatic carbocycles. The van der Waals surface area contributed by atoms with Crippen molar-refractivity contribution in [2.45, 2.75) is 26.2 Å². The van der Waals surface area contributed by atoms with Gasteiger partial charge in [-0.05, 0) is 43.9 Å². The lowest BCUT2D eigenvalue weighted by Crippen LogP contribution is -2.40. The van der Waals surface area contributed by atoms with Gasteiger partial charge in [0.2, 0.25) is 0 Å². The summed E-state index contributed by atoms with van der Waals surface area (Å²) in [4.78, 5) is 28.8. The van der Waals surface area contributed by atoms with Gasteiger partial charge in [-0.15, -0.1) is 0 Å². The van der Waals surface area contributed by atoms with Crippen LogP contribution < -0.4 is 9.80 Å². The van der Waals surface area contributed by atoms with Crippen LogP contribution in [0.3, 0.4) is 0 Å². The number of aryl methyl sites for hydroxylation is 1. The van der Waals surface area contributed by atoms with E-state index in [2.05, 4.69) is 17.0 Å². The van der Waals surface area contributed by atoms with E-state index in [4.69, 9.17) is 14.2 Å². The number of anilines is 2. The maximum atomic E-state index is 12.6. The zero-order valence-corrected chi connectivity index (χ0v) is 16.1. The van der Waals surface area contributed by atoms with Crippen molar-refractivity contribution in [1.82, 2.24) is 0 Å². The number of hydrogen-bond acceptors (Lipinski definition) is 7. The Morgan fingerprint density at radius 1 is 1.00 bits per heavy atom. The van der Waals surface area contributed by atoms with Gasteiger partial charge in [-0.25, -0.2) is 9.59 Å². The summed E-state index contributed by atoms with van der Waals surface area (Å²) in [7, 11) is 2.59. The summed E-state index contributed by atoms with van der Waals surface area (Å²) >= 11 is 0. The Labute approximate surface area is 159 Å². The highest BCUT2D eigenvalue weighted by Gasteiger charge is 2.34. The molecule has 0 amide bonds. The van der Waals surface area contributed by atoms with E-state index in [1.807, 2.05) is 13.0 Å². The van der Waals surface area contributed by atoms with Crippen molar-refractivity contribution < 1.29 is 23.8 Å². The van der Waals surface area contributed by atoms with E-state index in [1.54, 1.807) is 4.90 Å². The lowest BCUT2D eigenvalue weighted by Gasteiger charge is -2.37. The lowest BCUT2D eigenvalue weighted by molar-refractivity contribution is -0.140. The van der Waals surface area contributed by atoms with Crippen LogP contribution in [0.2, 0.25) is 0 Å². The third-order valence-electron chi connectivity index (χ3n) is 4.95. The average Bonchev–Trinajstić information content (AvgIpc) is 2.72. The number of methoxy groups -OCH3 is 2. The molecule has 1 aromatic rings. The van der Waals surface area contributed by atoms with Gasteiger partial charge < -0.3 is 24.0 Å². The third-order valence-corrected chi connectivity index (χ3v) is 4.95. The quantitative estimate of drug-likeness (QED) is 0.750. The molecule has 27 heavy (non-hydrogen) atoms. The van der Waals surface area contributed by atoms with Crippen LogP contribution >= 0.6 is 0 Å². The highest BCUT2D eigenvalue weighted by molar-refractivity contribution is 6.04. The van der Waals surface area contributed by atoms with Crippen molar-refractivity contribution in [2.24, 2.45) is 0 Å². The first-order valence-electron chi connectivity index (χ1n) is 9.17. The molecular weight excluding hydrogens is 348 g/mol. The molecule has 1 aromatic carbocycles. The topological polar surface area (TPSA) is 68.3 Å². The van der Waals surface area contributed by atoms with Crippen LogP contribution in [0.5, 0.6) is 0 Å². The van der Waals surface area contributed by atoms with E-state index in [1.165, 1.54) is 20.6 Å². The zero-order chi connectivity index (χ0) is 19.4. The van der Waals surface area contributed by atoms with Crippen molar-refractivity contribution in [3.05, 3.63) is 35.0 Å². The largest absolute Gasteiger partial charge is 0.466 e. The number of ether oxygens (including phenoxy) is 3. The van der Waals surface area contributed by atoms with Crippen LogP contribution in [-0.4, -0.2) is 52.6 Å². The third kappa shape index (κ3) is 3.93. The number of hydrogen-bond donors (Lipinski definition) is 0. The summed E-state index contributed by atoms with van der Waals surface area (Å²) in [5.41, 5.74) is 3.26. The molecule has 0 N–H and O–H groups in total. The molecule has 0 spiro atoms. The van der Waals surface area contributed by atoms with Gasteiger partial charge in [0, 0.05) is 13.1 Å². The first-order chi connectivity index (χ1) is 13.1. The minimum absolute atomic E-state index is 0.0124. The van der Waals surface area contributed by atoms with Crippen LogP contribution in [0.15, 0.2) is 29.5 Å². The summed E-state index contributed by atoms with van der Waals surface area (Å²) in [6.07, 6.45) is 3.50. The monoisotopic (exact) mass is 374 g/mol. The normalized spacial score (nSPS) is 17.7. The second kappa shape index (κ2) is 8.43. The molecule has 0 unspecified atom stereocenters. The highest BCUT2D eigenvalue weighted by Crippen LogP contribution is 2.36. The molecule has 3 rings (SSSR count). The van der Waals surface area contributed by atoms with Gasteiger partial charge in [-0.1, -0.05) is 6.07 Å². The van der Waals surface area contributed by atoms with E-state index < -0.39 is 11.9 Å². The van der Waals surface area contributed by atoms with Gasteiger partial charge in [0.1, 0.15) is 12.4 Å². The van der Waals surface area contributed by atoms with Gasteiger partial charge in [0.25, 0.3) is 0 Å². The van der Waals surface area contributed by atoms with E-state index >= 15 is 0 Å². The van der Waals surface area contributed by atoms with E-state index in [-0.39, 0.29) is 24.6 Å².